The molecule has 3 N–H and O–H groups in total. The Morgan fingerprint density at radius 1 is 0.870 bits per heavy atom. The lowest BCUT2D eigenvalue weighted by Gasteiger charge is -2.59. The van der Waals surface area contributed by atoms with Crippen LogP contribution in [-0.4, -0.2) is 80.3 Å². The number of nitrogens with two attached hydrogens (primary N) is 1. The first-order valence-corrected chi connectivity index (χ1v) is 17.1. The van der Waals surface area contributed by atoms with E-state index in [1.165, 1.54) is 0 Å². The van der Waals surface area contributed by atoms with Crippen molar-refractivity contribution < 1.29 is 19.1 Å². The molecule has 2 aliphatic heterocycles. The van der Waals surface area contributed by atoms with Gasteiger partial charge in [-0.2, -0.15) is 0 Å². The molecule has 46 heavy (non-hydrogen) atoms. The Labute approximate surface area is 272 Å². The summed E-state index contributed by atoms with van der Waals surface area (Å²) in [4.78, 5) is 47.5. The van der Waals surface area contributed by atoms with E-state index in [2.05, 4.69) is 50.3 Å². The van der Waals surface area contributed by atoms with Crippen LogP contribution in [0.2, 0.25) is 0 Å². The summed E-state index contributed by atoms with van der Waals surface area (Å²) in [5.41, 5.74) is 9.08. The third kappa shape index (κ3) is 5.28. The fourth-order valence-corrected chi connectivity index (χ4v) is 9.43. The number of para-hydroxylation sites is 2. The summed E-state index contributed by atoms with van der Waals surface area (Å²) in [6.07, 6.45) is 4.71. The van der Waals surface area contributed by atoms with Gasteiger partial charge in [0.05, 0.1) is 18.0 Å². The van der Waals surface area contributed by atoms with Crippen LogP contribution in [0.5, 0.6) is 0 Å². The van der Waals surface area contributed by atoms with E-state index >= 15 is 0 Å². The van der Waals surface area contributed by atoms with Crippen LogP contribution < -0.4 is 25.8 Å². The first kappa shape index (κ1) is 30.8. The van der Waals surface area contributed by atoms with E-state index in [4.69, 9.17) is 10.5 Å². The third-order valence-corrected chi connectivity index (χ3v) is 11.7. The molecule has 4 bridgehead atoms. The molecule has 2 aromatic rings. The normalized spacial score (nSPS) is 29.0. The highest BCUT2D eigenvalue weighted by Gasteiger charge is 2.58. The zero-order chi connectivity index (χ0) is 32.2. The van der Waals surface area contributed by atoms with Gasteiger partial charge < -0.3 is 25.6 Å². The number of nitrogens with zero attached hydrogens (tertiary/aromatic N) is 4. The van der Waals surface area contributed by atoms with Crippen molar-refractivity contribution >= 4 is 40.7 Å². The molecule has 4 saturated carbocycles. The Balaban J connectivity index is 1.01. The molecule has 2 atom stereocenters. The average Bonchev–Trinajstić information content (AvgIpc) is 3.05. The van der Waals surface area contributed by atoms with E-state index in [1.54, 1.807) is 0 Å². The van der Waals surface area contributed by atoms with Gasteiger partial charge in [0.15, 0.2) is 0 Å². The SMILES string of the molecule is CCOC(=O)C(C)(C)N1CCN(c2ccc(N3CCN(C(=O)NC4C5CC6CC4CC(C(N)=O)(C6)C5)c4ccccc43)cc2)CC1. The number of piperazine rings is 1. The van der Waals surface area contributed by atoms with Gasteiger partial charge in [-0.05, 0) is 107 Å². The summed E-state index contributed by atoms with van der Waals surface area (Å²) < 4.78 is 5.31. The second-order valence-electron chi connectivity index (χ2n) is 14.7. The topological polar surface area (TPSA) is 111 Å². The number of esters is 1. The van der Waals surface area contributed by atoms with Crippen molar-refractivity contribution in [2.45, 2.75) is 64.5 Å². The first-order chi connectivity index (χ1) is 22.1. The van der Waals surface area contributed by atoms with E-state index < -0.39 is 5.54 Å². The van der Waals surface area contributed by atoms with Gasteiger partial charge in [0.1, 0.15) is 5.54 Å². The monoisotopic (exact) mass is 628 g/mol. The number of urea groups is 1. The second-order valence-corrected chi connectivity index (χ2v) is 14.7. The van der Waals surface area contributed by atoms with Crippen LogP contribution in [0.25, 0.3) is 0 Å². The van der Waals surface area contributed by atoms with Gasteiger partial charge in [-0.25, -0.2) is 4.79 Å². The molecule has 4 aliphatic carbocycles. The number of hydrogen-bond donors (Lipinski definition) is 2. The number of rotatable bonds is 7. The van der Waals surface area contributed by atoms with Crippen LogP contribution in [0.15, 0.2) is 48.5 Å². The fourth-order valence-electron chi connectivity index (χ4n) is 9.43. The number of fused-ring (bicyclic) bond motifs is 1. The van der Waals surface area contributed by atoms with Gasteiger partial charge in [-0.3, -0.25) is 19.4 Å². The minimum Gasteiger partial charge on any atom is -0.465 e. The maximum Gasteiger partial charge on any atom is 0.325 e. The molecule has 10 heteroatoms. The van der Waals surface area contributed by atoms with Crippen molar-refractivity contribution in [3.63, 3.8) is 0 Å². The van der Waals surface area contributed by atoms with Crippen molar-refractivity contribution in [2.24, 2.45) is 28.9 Å². The summed E-state index contributed by atoms with van der Waals surface area (Å²) >= 11 is 0. The molecule has 0 aromatic heterocycles. The van der Waals surface area contributed by atoms with Gasteiger partial charge >= 0.3 is 12.0 Å². The molecule has 246 valence electrons. The largest absolute Gasteiger partial charge is 0.465 e. The van der Waals surface area contributed by atoms with Crippen molar-refractivity contribution in [1.29, 1.82) is 0 Å². The number of hydrogen-bond acceptors (Lipinski definition) is 7. The maximum absolute atomic E-state index is 13.9. The van der Waals surface area contributed by atoms with Crippen LogP contribution in [0, 0.1) is 23.2 Å². The van der Waals surface area contributed by atoms with Crippen molar-refractivity contribution in [1.82, 2.24) is 10.2 Å². The molecule has 2 unspecified atom stereocenters. The lowest BCUT2D eigenvalue weighted by molar-refractivity contribution is -0.156. The van der Waals surface area contributed by atoms with Crippen LogP contribution in [0.1, 0.15) is 52.9 Å². The number of amides is 3. The first-order valence-electron chi connectivity index (χ1n) is 17.1. The van der Waals surface area contributed by atoms with Gasteiger partial charge in [0.2, 0.25) is 5.91 Å². The summed E-state index contributed by atoms with van der Waals surface area (Å²) in [6.45, 7) is 10.7. The van der Waals surface area contributed by atoms with Gasteiger partial charge in [-0.1, -0.05) is 12.1 Å². The highest BCUT2D eigenvalue weighted by atomic mass is 16.5. The minimum atomic E-state index is -0.637. The van der Waals surface area contributed by atoms with Crippen LogP contribution >= 0.6 is 0 Å². The van der Waals surface area contributed by atoms with E-state index in [9.17, 15) is 14.4 Å². The summed E-state index contributed by atoms with van der Waals surface area (Å²) in [7, 11) is 0. The highest BCUT2D eigenvalue weighted by molar-refractivity contribution is 5.98. The van der Waals surface area contributed by atoms with E-state index in [1.807, 2.05) is 43.9 Å². The Morgan fingerprint density at radius 2 is 1.50 bits per heavy atom. The Kier molecular flexibility index (Phi) is 7.90. The summed E-state index contributed by atoms with van der Waals surface area (Å²) in [6, 6.07) is 16.9. The second kappa shape index (κ2) is 11.8. The summed E-state index contributed by atoms with van der Waals surface area (Å²) in [5.74, 6) is 0.889. The van der Waals surface area contributed by atoms with Gasteiger partial charge in [-0.15, -0.1) is 0 Å². The predicted octanol–water partition coefficient (Wildman–Crippen LogP) is 4.50. The number of carbonyl (C=O) groups excluding carboxylic acids is 3. The standard InChI is InChI=1S/C36H48N6O4/c1-4-46-33(44)35(2,3)40-15-13-39(14-16-40)27-9-11-28(12-10-27)41-17-18-42(30-8-6-5-7-29(30)41)34(45)38-31-25-19-24-20-26(31)23-36(21-24,22-25)32(37)43/h5-12,24-26,31H,4,13-23H2,1-3H3,(H2,37,43)(H,38,45). The summed E-state index contributed by atoms with van der Waals surface area (Å²) in [5, 5.41) is 3.43. The Morgan fingerprint density at radius 3 is 2.13 bits per heavy atom. The van der Waals surface area contributed by atoms with Crippen LogP contribution in [-0.2, 0) is 14.3 Å². The molecule has 10 nitrogen and oxygen atoms in total. The van der Waals surface area contributed by atoms with Crippen molar-refractivity contribution in [2.75, 3.05) is 60.6 Å². The number of anilines is 4. The van der Waals surface area contributed by atoms with Gasteiger partial charge in [0.25, 0.3) is 0 Å². The number of primary amides is 1. The molecular formula is C36H48N6O4. The number of ether oxygens (including phenoxy) is 1. The Bertz CT molecular complexity index is 1470. The average molecular weight is 629 g/mol. The Hall–Kier alpha value is -3.79. The highest BCUT2D eigenvalue weighted by Crippen LogP contribution is 2.60. The van der Waals surface area contributed by atoms with Crippen molar-refractivity contribution in [3.8, 4) is 0 Å². The zero-order valence-corrected chi connectivity index (χ0v) is 27.4. The minimum absolute atomic E-state index is 0.0432. The third-order valence-electron chi connectivity index (χ3n) is 11.7. The zero-order valence-electron chi connectivity index (χ0n) is 27.4. The molecule has 1 saturated heterocycles. The lowest BCUT2D eigenvalue weighted by atomic mass is 9.47. The van der Waals surface area contributed by atoms with Gasteiger partial charge in [0, 0.05) is 62.1 Å². The molecule has 8 rings (SSSR count). The lowest BCUT2D eigenvalue weighted by Crippen LogP contribution is -2.63. The molecule has 3 amide bonds. The molecule has 0 spiro atoms. The van der Waals surface area contributed by atoms with Crippen molar-refractivity contribution in [3.05, 3.63) is 48.5 Å². The predicted molar refractivity (Wildman–Crippen MR) is 179 cm³/mol. The molecule has 0 radical (unpaired) electrons. The fraction of sp³-hybridized carbons (Fsp3) is 0.583. The van der Waals surface area contributed by atoms with Crippen LogP contribution in [0.3, 0.4) is 0 Å². The number of benzene rings is 2. The smallest absolute Gasteiger partial charge is 0.325 e. The quantitative estimate of drug-likeness (QED) is 0.435. The van der Waals surface area contributed by atoms with E-state index in [0.717, 1.165) is 81.0 Å². The molecule has 5 fully saturated rings. The number of carbonyl (C=O) groups is 3. The molecular weight excluding hydrogens is 580 g/mol. The number of nitrogens with one attached hydrogen (secondary N) is 1. The molecule has 2 heterocycles. The van der Waals surface area contributed by atoms with E-state index in [0.29, 0.717) is 37.5 Å². The van der Waals surface area contributed by atoms with E-state index in [-0.39, 0.29) is 29.4 Å². The molecule has 2 aromatic carbocycles. The maximum atomic E-state index is 13.9. The van der Waals surface area contributed by atoms with Crippen LogP contribution in [0.4, 0.5) is 27.5 Å². The molecule has 6 aliphatic rings.